The maximum Gasteiger partial charge on any atom is 0.251 e. The van der Waals surface area contributed by atoms with Gasteiger partial charge in [-0.15, -0.1) is 11.6 Å². The van der Waals surface area contributed by atoms with Gasteiger partial charge in [0.05, 0.1) is 18.0 Å². The zero-order chi connectivity index (χ0) is 27.4. The number of rotatable bonds is 2. The molecule has 5 nitrogen and oxygen atoms in total. The van der Waals surface area contributed by atoms with Gasteiger partial charge in [-0.25, -0.2) is 0 Å². The molecule has 3 N–H and O–H groups in total. The number of aliphatic hydroxyl groups excluding tert-OH is 1. The number of pyridine rings is 2. The molecule has 0 saturated heterocycles. The predicted molar refractivity (Wildman–Crippen MR) is 159 cm³/mol. The number of halogens is 1. The van der Waals surface area contributed by atoms with Crippen LogP contribution in [0, 0.1) is 0 Å². The van der Waals surface area contributed by atoms with Crippen molar-refractivity contribution in [3.05, 3.63) is 113 Å². The lowest BCUT2D eigenvalue weighted by Gasteiger charge is -2.18. The molecule has 6 heteroatoms. The second kappa shape index (κ2) is 10.2. The van der Waals surface area contributed by atoms with E-state index in [0.29, 0.717) is 5.88 Å². The summed E-state index contributed by atoms with van der Waals surface area (Å²) >= 11 is 6.06. The lowest BCUT2D eigenvalue weighted by atomic mass is 9.88. The van der Waals surface area contributed by atoms with Crippen LogP contribution in [-0.4, -0.2) is 15.1 Å². The molecule has 0 aliphatic heterocycles. The van der Waals surface area contributed by atoms with Crippen molar-refractivity contribution in [3.8, 4) is 22.5 Å². The van der Waals surface area contributed by atoms with Crippen molar-refractivity contribution in [2.45, 2.75) is 76.7 Å². The fraction of sp³-hybridized carbons (Fsp3) is 0.353. The molecule has 0 radical (unpaired) electrons. The van der Waals surface area contributed by atoms with Gasteiger partial charge >= 0.3 is 0 Å². The van der Waals surface area contributed by atoms with E-state index in [2.05, 4.69) is 22.1 Å². The van der Waals surface area contributed by atoms with Gasteiger partial charge in [-0.2, -0.15) is 0 Å². The third-order valence-electron chi connectivity index (χ3n) is 9.40. The van der Waals surface area contributed by atoms with Crippen molar-refractivity contribution in [3.63, 3.8) is 0 Å². The van der Waals surface area contributed by atoms with Crippen LogP contribution in [-0.2, 0) is 51.0 Å². The van der Waals surface area contributed by atoms with E-state index in [4.69, 9.17) is 11.6 Å². The van der Waals surface area contributed by atoms with Crippen molar-refractivity contribution >= 4 is 11.6 Å². The molecule has 2 aromatic carbocycles. The molecule has 4 aliphatic carbocycles. The molecule has 2 aromatic heterocycles. The van der Waals surface area contributed by atoms with E-state index in [-0.39, 0.29) is 17.7 Å². The molecule has 4 aliphatic rings. The number of H-pyrrole nitrogens is 2. The van der Waals surface area contributed by atoms with Crippen LogP contribution in [0.15, 0.2) is 46.0 Å². The molecule has 0 amide bonds. The van der Waals surface area contributed by atoms with Gasteiger partial charge in [-0.05, 0) is 95.9 Å². The quantitative estimate of drug-likeness (QED) is 0.234. The Hall–Kier alpha value is -3.41. The summed E-state index contributed by atoms with van der Waals surface area (Å²) < 4.78 is 0. The summed E-state index contributed by atoms with van der Waals surface area (Å²) in [7, 11) is 0. The zero-order valence-corrected chi connectivity index (χ0v) is 23.3. The Labute approximate surface area is 238 Å². The van der Waals surface area contributed by atoms with E-state index in [1.807, 2.05) is 24.3 Å². The fourth-order valence-electron chi connectivity index (χ4n) is 7.44. The van der Waals surface area contributed by atoms with Gasteiger partial charge in [0.2, 0.25) is 0 Å². The molecule has 2 heterocycles. The number of hydrogen-bond donors (Lipinski definition) is 3. The van der Waals surface area contributed by atoms with Crippen molar-refractivity contribution < 1.29 is 5.11 Å². The number of hydrogen-bond acceptors (Lipinski definition) is 3. The minimum absolute atomic E-state index is 0.0591. The van der Waals surface area contributed by atoms with Crippen LogP contribution in [0.25, 0.3) is 22.5 Å². The van der Waals surface area contributed by atoms with Crippen molar-refractivity contribution in [2.75, 3.05) is 0 Å². The van der Waals surface area contributed by atoms with E-state index < -0.39 is 0 Å². The summed E-state index contributed by atoms with van der Waals surface area (Å²) in [6, 6.07) is 12.2. The van der Waals surface area contributed by atoms with E-state index in [0.717, 1.165) is 85.0 Å². The largest absolute Gasteiger partial charge is 0.392 e. The lowest BCUT2D eigenvalue weighted by Crippen LogP contribution is -2.21. The number of aromatic nitrogens is 2. The van der Waals surface area contributed by atoms with Crippen LogP contribution in [0.2, 0.25) is 0 Å². The van der Waals surface area contributed by atoms with Crippen LogP contribution >= 0.6 is 11.6 Å². The second-order valence-corrected chi connectivity index (χ2v) is 11.7. The standard InChI is InChI=1S/C17H16ClNO.C17H17NO2/c18-9-10-4-3-7-12-14(10)8-15-11-5-1-2-6-13(11)17(20)19-16(12)15;19-9-10-4-3-7-12-14(10)8-15-11-5-1-2-6-13(11)17(20)18-16(12)15/h3-4,7H,1-2,5-6,8-9H2,(H,19,20);3-4,7,19H,1-2,5-6,8-9H2,(H,18,20). The first kappa shape index (κ1) is 25.6. The minimum atomic E-state index is 0.0591. The van der Waals surface area contributed by atoms with Gasteiger partial charge in [0.25, 0.3) is 11.1 Å². The summed E-state index contributed by atoms with van der Waals surface area (Å²) in [4.78, 5) is 30.8. The van der Waals surface area contributed by atoms with E-state index in [1.54, 1.807) is 0 Å². The third kappa shape index (κ3) is 4.02. The Morgan fingerprint density at radius 3 is 1.52 bits per heavy atom. The van der Waals surface area contributed by atoms with Gasteiger partial charge in [-0.1, -0.05) is 36.4 Å². The molecule has 204 valence electrons. The Balaban J connectivity index is 0.000000132. The summed E-state index contributed by atoms with van der Waals surface area (Å²) in [6.45, 7) is 0.0591. The molecule has 0 spiro atoms. The van der Waals surface area contributed by atoms with Crippen LogP contribution in [0.4, 0.5) is 0 Å². The molecule has 40 heavy (non-hydrogen) atoms. The highest BCUT2D eigenvalue weighted by Crippen LogP contribution is 2.41. The van der Waals surface area contributed by atoms with E-state index in [1.165, 1.54) is 57.3 Å². The van der Waals surface area contributed by atoms with Crippen LogP contribution in [0.3, 0.4) is 0 Å². The number of aromatic amines is 2. The maximum atomic E-state index is 12.3. The first-order valence-electron chi connectivity index (χ1n) is 14.5. The van der Waals surface area contributed by atoms with Crippen LogP contribution in [0.1, 0.15) is 81.3 Å². The van der Waals surface area contributed by atoms with E-state index >= 15 is 0 Å². The van der Waals surface area contributed by atoms with Crippen LogP contribution in [0.5, 0.6) is 0 Å². The van der Waals surface area contributed by atoms with Gasteiger partial charge in [0.1, 0.15) is 0 Å². The summed E-state index contributed by atoms with van der Waals surface area (Å²) in [5.74, 6) is 0.531. The van der Waals surface area contributed by atoms with Gasteiger partial charge < -0.3 is 15.1 Å². The first-order chi connectivity index (χ1) is 19.6. The smallest absolute Gasteiger partial charge is 0.251 e. The average molecular weight is 553 g/mol. The number of fused-ring (bicyclic) bond motifs is 10. The van der Waals surface area contributed by atoms with Crippen molar-refractivity contribution in [1.29, 1.82) is 0 Å². The Morgan fingerprint density at radius 2 is 1.05 bits per heavy atom. The van der Waals surface area contributed by atoms with Crippen molar-refractivity contribution in [2.24, 2.45) is 0 Å². The second-order valence-electron chi connectivity index (χ2n) is 11.5. The molecular weight excluding hydrogens is 520 g/mol. The summed E-state index contributed by atoms with van der Waals surface area (Å²) in [5, 5.41) is 9.50. The summed E-state index contributed by atoms with van der Waals surface area (Å²) in [6.07, 6.45) is 10.3. The average Bonchev–Trinajstić information content (AvgIpc) is 3.57. The predicted octanol–water partition coefficient (Wildman–Crippen LogP) is 5.88. The molecular formula is C34H33ClN2O3. The Morgan fingerprint density at radius 1 is 0.600 bits per heavy atom. The molecule has 4 aromatic rings. The number of benzene rings is 2. The molecule has 0 saturated carbocycles. The highest BCUT2D eigenvalue weighted by molar-refractivity contribution is 6.17. The van der Waals surface area contributed by atoms with Crippen LogP contribution < -0.4 is 11.1 Å². The lowest BCUT2D eigenvalue weighted by molar-refractivity contribution is 0.281. The topological polar surface area (TPSA) is 86.0 Å². The zero-order valence-electron chi connectivity index (χ0n) is 22.6. The molecule has 0 unspecified atom stereocenters. The minimum Gasteiger partial charge on any atom is -0.392 e. The third-order valence-corrected chi connectivity index (χ3v) is 9.69. The monoisotopic (exact) mass is 552 g/mol. The molecule has 0 fully saturated rings. The van der Waals surface area contributed by atoms with E-state index in [9.17, 15) is 14.7 Å². The first-order valence-corrected chi connectivity index (χ1v) is 15.0. The molecule has 8 rings (SSSR count). The van der Waals surface area contributed by atoms with Gasteiger partial charge in [0.15, 0.2) is 0 Å². The Bertz CT molecular complexity index is 1650. The summed E-state index contributed by atoms with van der Waals surface area (Å²) in [5.41, 5.74) is 16.4. The maximum absolute atomic E-state index is 12.3. The van der Waals surface area contributed by atoms with Gasteiger partial charge in [0, 0.05) is 41.0 Å². The SMILES string of the molecule is O=c1[nH]c2c(c3c1CCCC3)Cc1c(CCl)cccc1-2.O=c1[nH]c2c(c3c1CCCC3)Cc1c(CO)cccc1-2. The normalized spacial score (nSPS) is 15.7. The number of alkyl halides is 1. The highest BCUT2D eigenvalue weighted by atomic mass is 35.5. The van der Waals surface area contributed by atoms with Crippen molar-refractivity contribution in [1.82, 2.24) is 9.97 Å². The highest BCUT2D eigenvalue weighted by Gasteiger charge is 2.29. The van der Waals surface area contributed by atoms with Gasteiger partial charge in [-0.3, -0.25) is 9.59 Å². The molecule has 0 atom stereocenters. The fourth-order valence-corrected chi connectivity index (χ4v) is 7.69. The number of nitrogens with one attached hydrogen (secondary N) is 2. The number of aliphatic hydroxyl groups is 1. The molecule has 0 bridgehead atoms. The Kier molecular flexibility index (Phi) is 6.52.